The van der Waals surface area contributed by atoms with Crippen molar-refractivity contribution in [1.29, 1.82) is 5.26 Å². The normalized spacial score (nSPS) is 16.2. The molecule has 25 heavy (non-hydrogen) atoms. The van der Waals surface area contributed by atoms with Gasteiger partial charge in [0.05, 0.1) is 18.7 Å². The van der Waals surface area contributed by atoms with E-state index in [-0.39, 0.29) is 11.6 Å². The van der Waals surface area contributed by atoms with Crippen molar-refractivity contribution in [2.24, 2.45) is 5.92 Å². The van der Waals surface area contributed by atoms with Gasteiger partial charge in [0.15, 0.2) is 11.7 Å². The van der Waals surface area contributed by atoms with Gasteiger partial charge in [0.2, 0.25) is 5.91 Å². The Morgan fingerprint density at radius 3 is 2.76 bits per heavy atom. The highest BCUT2D eigenvalue weighted by Gasteiger charge is 2.31. The van der Waals surface area contributed by atoms with Gasteiger partial charge in [-0.3, -0.25) is 9.59 Å². The molecular formula is C19H20N2O4. The summed E-state index contributed by atoms with van der Waals surface area (Å²) >= 11 is 0. The fraction of sp³-hybridized carbons (Fsp3) is 0.421. The molecule has 1 heterocycles. The highest BCUT2D eigenvalue weighted by atomic mass is 16.5. The van der Waals surface area contributed by atoms with Gasteiger partial charge in [0, 0.05) is 11.4 Å². The third-order valence-electron chi connectivity index (χ3n) is 4.65. The molecule has 1 aliphatic rings. The second-order valence-electron chi connectivity index (χ2n) is 6.28. The summed E-state index contributed by atoms with van der Waals surface area (Å²) in [5, 5.41) is 12.8. The fourth-order valence-electron chi connectivity index (χ4n) is 3.25. The molecule has 1 N–H and O–H groups in total. The average molecular weight is 340 g/mol. The third-order valence-corrected chi connectivity index (χ3v) is 4.65. The molecule has 1 aromatic heterocycles. The molecule has 1 atom stereocenters. The number of ether oxygens (including phenoxy) is 1. The summed E-state index contributed by atoms with van der Waals surface area (Å²) in [5.41, 5.74) is 0.729. The van der Waals surface area contributed by atoms with Gasteiger partial charge in [-0.15, -0.1) is 0 Å². The molecular weight excluding hydrogens is 320 g/mol. The quantitative estimate of drug-likeness (QED) is 0.666. The Balaban J connectivity index is 1.82. The number of rotatable bonds is 5. The van der Waals surface area contributed by atoms with E-state index in [1.54, 1.807) is 18.2 Å². The van der Waals surface area contributed by atoms with E-state index >= 15 is 0 Å². The number of furan rings is 1. The maximum Gasteiger partial charge on any atom is 0.245 e. The molecule has 1 saturated carbocycles. The maximum atomic E-state index is 12.7. The molecule has 0 bridgehead atoms. The highest BCUT2D eigenvalue weighted by molar-refractivity contribution is 6.17. The number of amides is 1. The first-order chi connectivity index (χ1) is 12.1. The number of hydrogen-bond acceptors (Lipinski definition) is 5. The minimum absolute atomic E-state index is 0.0473. The van der Waals surface area contributed by atoms with E-state index in [0.29, 0.717) is 16.7 Å². The van der Waals surface area contributed by atoms with E-state index in [4.69, 9.17) is 9.15 Å². The first kappa shape index (κ1) is 17.0. The van der Waals surface area contributed by atoms with Gasteiger partial charge in [-0.05, 0) is 31.0 Å². The molecule has 130 valence electrons. The SMILES string of the molecule is COc1ccc2occ(C(=O)[C@H](C#N)C(=O)NC3CCCCC3)c2c1. The second-order valence-corrected chi connectivity index (χ2v) is 6.28. The van der Waals surface area contributed by atoms with Crippen molar-refractivity contribution in [2.45, 2.75) is 38.1 Å². The van der Waals surface area contributed by atoms with Crippen molar-refractivity contribution in [2.75, 3.05) is 7.11 Å². The number of Topliss-reactive ketones (excluding diaryl/α,β-unsaturated/α-hetero) is 1. The molecule has 1 fully saturated rings. The lowest BCUT2D eigenvalue weighted by atomic mass is 9.93. The Bertz CT molecular complexity index is 828. The lowest BCUT2D eigenvalue weighted by Gasteiger charge is -2.23. The van der Waals surface area contributed by atoms with E-state index in [0.717, 1.165) is 32.1 Å². The number of nitriles is 1. The number of methoxy groups -OCH3 is 1. The van der Waals surface area contributed by atoms with Gasteiger partial charge in [-0.25, -0.2) is 0 Å². The number of fused-ring (bicyclic) bond motifs is 1. The fourth-order valence-corrected chi connectivity index (χ4v) is 3.25. The molecule has 2 aromatic rings. The predicted octanol–water partition coefficient (Wildman–Crippen LogP) is 3.21. The monoisotopic (exact) mass is 340 g/mol. The van der Waals surface area contributed by atoms with Crippen LogP contribution in [0.15, 0.2) is 28.9 Å². The number of ketones is 1. The zero-order chi connectivity index (χ0) is 17.8. The lowest BCUT2D eigenvalue weighted by Crippen LogP contribution is -2.42. The second kappa shape index (κ2) is 7.39. The Labute approximate surface area is 145 Å². The molecule has 0 saturated heterocycles. The number of nitrogens with zero attached hydrogens (tertiary/aromatic N) is 1. The Hall–Kier alpha value is -2.81. The molecule has 0 radical (unpaired) electrons. The van der Waals surface area contributed by atoms with Crippen molar-refractivity contribution < 1.29 is 18.7 Å². The van der Waals surface area contributed by atoms with Crippen molar-refractivity contribution in [3.8, 4) is 11.8 Å². The summed E-state index contributed by atoms with van der Waals surface area (Å²) in [6.45, 7) is 0. The van der Waals surface area contributed by atoms with Gasteiger partial charge in [0.1, 0.15) is 17.6 Å². The van der Waals surface area contributed by atoms with Crippen LogP contribution in [0.4, 0.5) is 0 Å². The van der Waals surface area contributed by atoms with Gasteiger partial charge in [-0.2, -0.15) is 5.26 Å². The molecule has 0 aliphatic heterocycles. The zero-order valence-corrected chi connectivity index (χ0v) is 14.1. The molecule has 0 spiro atoms. The third kappa shape index (κ3) is 3.50. The summed E-state index contributed by atoms with van der Waals surface area (Å²) in [4.78, 5) is 25.2. The topological polar surface area (TPSA) is 92.3 Å². The number of carbonyl (C=O) groups is 2. The number of benzene rings is 1. The molecule has 1 amide bonds. The first-order valence-electron chi connectivity index (χ1n) is 8.43. The molecule has 3 rings (SSSR count). The van der Waals surface area contributed by atoms with Crippen LogP contribution in [-0.4, -0.2) is 24.8 Å². The van der Waals surface area contributed by atoms with Gasteiger partial charge in [-0.1, -0.05) is 19.3 Å². The summed E-state index contributed by atoms with van der Waals surface area (Å²) in [5.74, 6) is -1.89. The standard InChI is InChI=1S/C19H20N2O4/c1-24-13-7-8-17-14(9-13)16(11-25-17)18(22)15(10-20)19(23)21-12-5-3-2-4-6-12/h7-9,11-12,15H,2-6H2,1H3,(H,21,23)/t15-/m0/s1. The molecule has 6 heteroatoms. The van der Waals surface area contributed by atoms with E-state index < -0.39 is 17.6 Å². The highest BCUT2D eigenvalue weighted by Crippen LogP contribution is 2.28. The molecule has 0 unspecified atom stereocenters. The van der Waals surface area contributed by atoms with Gasteiger partial charge >= 0.3 is 0 Å². The van der Waals surface area contributed by atoms with E-state index in [1.165, 1.54) is 13.4 Å². The summed E-state index contributed by atoms with van der Waals surface area (Å²) < 4.78 is 10.5. The molecule has 1 aliphatic carbocycles. The minimum atomic E-state index is -1.38. The maximum absolute atomic E-state index is 12.7. The minimum Gasteiger partial charge on any atom is -0.497 e. The van der Waals surface area contributed by atoms with Crippen molar-refractivity contribution in [1.82, 2.24) is 5.32 Å². The van der Waals surface area contributed by atoms with Crippen LogP contribution >= 0.6 is 0 Å². The van der Waals surface area contributed by atoms with Crippen LogP contribution < -0.4 is 10.1 Å². The van der Waals surface area contributed by atoms with Crippen molar-refractivity contribution in [3.63, 3.8) is 0 Å². The summed E-state index contributed by atoms with van der Waals surface area (Å²) in [7, 11) is 1.53. The van der Waals surface area contributed by atoms with Crippen molar-refractivity contribution >= 4 is 22.7 Å². The Morgan fingerprint density at radius 2 is 2.08 bits per heavy atom. The molecule has 6 nitrogen and oxygen atoms in total. The van der Waals surface area contributed by atoms with Crippen LogP contribution in [0.2, 0.25) is 0 Å². The van der Waals surface area contributed by atoms with E-state index in [9.17, 15) is 14.9 Å². The van der Waals surface area contributed by atoms with Crippen LogP contribution in [0.3, 0.4) is 0 Å². The summed E-state index contributed by atoms with van der Waals surface area (Å²) in [6.07, 6.45) is 6.36. The molecule has 1 aromatic carbocycles. The lowest BCUT2D eigenvalue weighted by molar-refractivity contribution is -0.123. The van der Waals surface area contributed by atoms with E-state index in [2.05, 4.69) is 5.32 Å². The number of hydrogen-bond donors (Lipinski definition) is 1. The Morgan fingerprint density at radius 1 is 1.32 bits per heavy atom. The summed E-state index contributed by atoms with van der Waals surface area (Å²) in [6, 6.07) is 6.96. The van der Waals surface area contributed by atoms with Crippen LogP contribution in [-0.2, 0) is 4.79 Å². The van der Waals surface area contributed by atoms with E-state index in [1.807, 2.05) is 6.07 Å². The smallest absolute Gasteiger partial charge is 0.245 e. The first-order valence-corrected chi connectivity index (χ1v) is 8.43. The van der Waals surface area contributed by atoms with Crippen LogP contribution in [0.25, 0.3) is 11.0 Å². The predicted molar refractivity (Wildman–Crippen MR) is 91.2 cm³/mol. The number of carbonyl (C=O) groups excluding carboxylic acids is 2. The van der Waals surface area contributed by atoms with Gasteiger partial charge < -0.3 is 14.5 Å². The Kier molecular flexibility index (Phi) is 5.03. The number of nitrogens with one attached hydrogen (secondary N) is 1. The van der Waals surface area contributed by atoms with Crippen LogP contribution in [0.5, 0.6) is 5.75 Å². The van der Waals surface area contributed by atoms with Crippen LogP contribution in [0, 0.1) is 17.2 Å². The average Bonchev–Trinajstić information content (AvgIpc) is 3.06. The van der Waals surface area contributed by atoms with Gasteiger partial charge in [0.25, 0.3) is 0 Å². The zero-order valence-electron chi connectivity index (χ0n) is 14.1. The van der Waals surface area contributed by atoms with Crippen LogP contribution in [0.1, 0.15) is 42.5 Å². The van der Waals surface area contributed by atoms with Crippen molar-refractivity contribution in [3.05, 3.63) is 30.0 Å². The largest absolute Gasteiger partial charge is 0.497 e.